The van der Waals surface area contributed by atoms with E-state index in [2.05, 4.69) is 15.6 Å². The van der Waals surface area contributed by atoms with Crippen molar-refractivity contribution in [3.63, 3.8) is 0 Å². The van der Waals surface area contributed by atoms with Crippen LogP contribution in [0.5, 0.6) is 5.75 Å². The molecule has 1 atom stereocenters. The largest absolute Gasteiger partial charge is 0.494 e. The van der Waals surface area contributed by atoms with Crippen LogP contribution >= 0.6 is 11.6 Å². The first-order valence-corrected chi connectivity index (χ1v) is 14.0. The van der Waals surface area contributed by atoms with Gasteiger partial charge in [0.05, 0.1) is 29.6 Å². The van der Waals surface area contributed by atoms with E-state index in [1.807, 2.05) is 0 Å². The third-order valence-electron chi connectivity index (χ3n) is 7.69. The molecule has 2 fully saturated rings. The molecule has 0 aliphatic carbocycles. The zero-order chi connectivity index (χ0) is 30.0. The zero-order valence-corrected chi connectivity index (χ0v) is 24.0. The van der Waals surface area contributed by atoms with E-state index in [1.54, 1.807) is 15.9 Å². The summed E-state index contributed by atoms with van der Waals surface area (Å²) in [6.45, 7) is 2.67. The number of nitrogens with zero attached hydrogens (tertiary/aromatic N) is 4. The van der Waals surface area contributed by atoms with Crippen molar-refractivity contribution < 1.29 is 27.9 Å². The molecule has 10 nitrogen and oxygen atoms in total. The Kier molecular flexibility index (Phi) is 8.74. The third kappa shape index (κ3) is 5.95. The molecule has 2 aliphatic heterocycles. The Morgan fingerprint density at radius 1 is 1.10 bits per heavy atom. The van der Waals surface area contributed by atoms with Crippen molar-refractivity contribution in [2.75, 3.05) is 45.2 Å². The van der Waals surface area contributed by atoms with Crippen LogP contribution in [0.25, 0.3) is 11.3 Å². The summed E-state index contributed by atoms with van der Waals surface area (Å²) in [5.74, 6) is -3.31. The van der Waals surface area contributed by atoms with E-state index < -0.39 is 17.5 Å². The van der Waals surface area contributed by atoms with Crippen LogP contribution in [-0.4, -0.2) is 82.9 Å². The molecule has 0 unspecified atom stereocenters. The Balaban J connectivity index is 1.21. The van der Waals surface area contributed by atoms with Gasteiger partial charge < -0.3 is 29.7 Å². The molecule has 42 heavy (non-hydrogen) atoms. The number of ether oxygens (including phenoxy) is 1. The molecular weight excluding hydrogens is 570 g/mol. The summed E-state index contributed by atoms with van der Waals surface area (Å²) in [5.41, 5.74) is 0.712. The lowest BCUT2D eigenvalue weighted by atomic mass is 10.1. The highest BCUT2D eigenvalue weighted by Gasteiger charge is 2.28. The smallest absolute Gasteiger partial charge is 0.291 e. The predicted molar refractivity (Wildman–Crippen MR) is 153 cm³/mol. The molecule has 3 amide bonds. The van der Waals surface area contributed by atoms with Crippen LogP contribution < -0.4 is 15.4 Å². The van der Waals surface area contributed by atoms with Gasteiger partial charge in [-0.2, -0.15) is 4.39 Å². The minimum atomic E-state index is -1.14. The normalized spacial score (nSPS) is 16.9. The van der Waals surface area contributed by atoms with Crippen LogP contribution in [0.15, 0.2) is 36.5 Å². The lowest BCUT2D eigenvalue weighted by Crippen LogP contribution is -2.51. The Bertz CT molecular complexity index is 1520. The van der Waals surface area contributed by atoms with Crippen LogP contribution in [0.2, 0.25) is 5.02 Å². The minimum absolute atomic E-state index is 0.0481. The van der Waals surface area contributed by atoms with Gasteiger partial charge >= 0.3 is 0 Å². The van der Waals surface area contributed by atoms with Crippen LogP contribution in [0.4, 0.5) is 14.5 Å². The van der Waals surface area contributed by atoms with Gasteiger partial charge in [-0.25, -0.2) is 9.37 Å². The minimum Gasteiger partial charge on any atom is -0.494 e. The first-order chi connectivity index (χ1) is 20.2. The van der Waals surface area contributed by atoms with E-state index >= 15 is 0 Å². The Morgan fingerprint density at radius 3 is 2.50 bits per heavy atom. The van der Waals surface area contributed by atoms with Gasteiger partial charge in [0, 0.05) is 56.9 Å². The van der Waals surface area contributed by atoms with Crippen LogP contribution in [0.1, 0.15) is 40.2 Å². The van der Waals surface area contributed by atoms with Crippen LogP contribution in [0, 0.1) is 11.6 Å². The predicted octanol–water partition coefficient (Wildman–Crippen LogP) is 3.71. The molecule has 0 bridgehead atoms. The van der Waals surface area contributed by atoms with Gasteiger partial charge in [0.15, 0.2) is 17.4 Å². The third-order valence-corrected chi connectivity index (χ3v) is 8.01. The number of rotatable bonds is 7. The van der Waals surface area contributed by atoms with Gasteiger partial charge in [0.2, 0.25) is 11.7 Å². The van der Waals surface area contributed by atoms with Crippen molar-refractivity contribution in [3.05, 3.63) is 64.6 Å². The number of carbonyl (C=O) groups is 3. The maximum absolute atomic E-state index is 14.6. The van der Waals surface area contributed by atoms with Crippen LogP contribution in [0.3, 0.4) is 0 Å². The van der Waals surface area contributed by atoms with Crippen LogP contribution in [-0.2, 0) is 11.8 Å². The molecule has 2 saturated heterocycles. The first kappa shape index (κ1) is 29.5. The highest BCUT2D eigenvalue weighted by molar-refractivity contribution is 6.34. The summed E-state index contributed by atoms with van der Waals surface area (Å²) in [4.78, 5) is 46.3. The number of hydrogen-bond acceptors (Lipinski definition) is 6. The number of carbonyl (C=O) groups excluding carboxylic acids is 3. The van der Waals surface area contributed by atoms with Crippen molar-refractivity contribution in [2.45, 2.75) is 25.3 Å². The average Bonchev–Trinajstić information content (AvgIpc) is 3.64. The quantitative estimate of drug-likeness (QED) is 0.428. The Labute approximate surface area is 246 Å². The van der Waals surface area contributed by atoms with Crippen molar-refractivity contribution in [1.29, 1.82) is 0 Å². The Hall–Kier alpha value is -4.03. The second kappa shape index (κ2) is 12.5. The second-order valence-corrected chi connectivity index (χ2v) is 10.7. The monoisotopic (exact) mass is 600 g/mol. The highest BCUT2D eigenvalue weighted by Crippen LogP contribution is 2.30. The molecule has 2 aliphatic rings. The molecule has 5 rings (SSSR count). The number of amides is 3. The Morgan fingerprint density at radius 2 is 1.83 bits per heavy atom. The molecule has 13 heteroatoms. The molecule has 0 radical (unpaired) electrons. The summed E-state index contributed by atoms with van der Waals surface area (Å²) >= 11 is 6.44. The number of methoxy groups -OCH3 is 1. The SMILES string of the molecule is COc1ccc(-c2cnc(C(=O)Nc3ccc(C(=O)N4CCN(C(=O)C[C@@H]5CCCN5)CC4)c(Cl)c3)n2C)c(F)c1F. The van der Waals surface area contributed by atoms with Gasteiger partial charge in [-0.15, -0.1) is 0 Å². The fourth-order valence-electron chi connectivity index (χ4n) is 5.31. The molecule has 2 aromatic carbocycles. The standard InChI is InChI=1S/C29H31ClF2N6O4/c1-36-22(20-7-8-23(42-2)26(32)25(20)31)16-34-27(36)28(40)35-18-5-6-19(21(30)14-18)29(41)38-12-10-37(11-13-38)24(39)15-17-4-3-9-33-17/h5-8,14,16-17,33H,3-4,9-13,15H2,1-2H3,(H,35,40)/t17-/m0/s1. The van der Waals surface area contributed by atoms with E-state index in [0.717, 1.165) is 19.4 Å². The molecule has 2 N–H and O–H groups in total. The maximum Gasteiger partial charge on any atom is 0.291 e. The summed E-state index contributed by atoms with van der Waals surface area (Å²) in [5, 5.41) is 6.16. The van der Waals surface area contributed by atoms with E-state index in [4.69, 9.17) is 16.3 Å². The van der Waals surface area contributed by atoms with Gasteiger partial charge in [-0.1, -0.05) is 11.6 Å². The number of anilines is 1. The number of halogens is 3. The molecule has 0 saturated carbocycles. The maximum atomic E-state index is 14.6. The van der Waals surface area contributed by atoms with E-state index in [0.29, 0.717) is 38.3 Å². The molecule has 1 aromatic heterocycles. The lowest BCUT2D eigenvalue weighted by Gasteiger charge is -2.35. The summed E-state index contributed by atoms with van der Waals surface area (Å²) in [6, 6.07) is 7.41. The molecular formula is C29H31ClF2N6O4. The van der Waals surface area contributed by atoms with E-state index in [9.17, 15) is 23.2 Å². The topological polar surface area (TPSA) is 109 Å². The van der Waals surface area contributed by atoms with E-state index in [-0.39, 0.29) is 51.3 Å². The summed E-state index contributed by atoms with van der Waals surface area (Å²) < 4.78 is 35.0. The van der Waals surface area contributed by atoms with Gasteiger partial charge in [-0.05, 0) is 49.7 Å². The van der Waals surface area contributed by atoms with Crippen molar-refractivity contribution in [2.24, 2.45) is 7.05 Å². The lowest BCUT2D eigenvalue weighted by molar-refractivity contribution is -0.133. The second-order valence-electron chi connectivity index (χ2n) is 10.3. The molecule has 0 spiro atoms. The zero-order valence-electron chi connectivity index (χ0n) is 23.3. The number of benzene rings is 2. The number of hydrogen-bond donors (Lipinski definition) is 2. The summed E-state index contributed by atoms with van der Waals surface area (Å²) in [7, 11) is 2.74. The number of aromatic nitrogens is 2. The number of nitrogens with one attached hydrogen (secondary N) is 2. The number of piperazine rings is 1. The van der Waals surface area contributed by atoms with Gasteiger partial charge in [-0.3, -0.25) is 14.4 Å². The van der Waals surface area contributed by atoms with Gasteiger partial charge in [0.1, 0.15) is 0 Å². The highest BCUT2D eigenvalue weighted by atomic mass is 35.5. The van der Waals surface area contributed by atoms with Crippen molar-refractivity contribution in [3.8, 4) is 17.0 Å². The first-order valence-electron chi connectivity index (χ1n) is 13.6. The molecule has 3 aromatic rings. The van der Waals surface area contributed by atoms with E-state index in [1.165, 1.54) is 49.2 Å². The number of imidazole rings is 1. The van der Waals surface area contributed by atoms with Gasteiger partial charge in [0.25, 0.3) is 11.8 Å². The average molecular weight is 601 g/mol. The fraction of sp³-hybridized carbons (Fsp3) is 0.379. The molecule has 222 valence electrons. The fourth-order valence-corrected chi connectivity index (χ4v) is 5.57. The van der Waals surface area contributed by atoms with Crippen molar-refractivity contribution in [1.82, 2.24) is 24.7 Å². The molecule has 3 heterocycles. The summed E-state index contributed by atoms with van der Waals surface area (Å²) in [6.07, 6.45) is 3.84. The van der Waals surface area contributed by atoms with Crippen molar-refractivity contribution >= 4 is 35.0 Å².